The van der Waals surface area contributed by atoms with E-state index in [9.17, 15) is 14.7 Å². The number of hydrogen-bond donors (Lipinski definition) is 3. The van der Waals surface area contributed by atoms with Gasteiger partial charge in [0.25, 0.3) is 0 Å². The highest BCUT2D eigenvalue weighted by molar-refractivity contribution is 5.85. The number of hydrogen-bond acceptors (Lipinski definition) is 4. The van der Waals surface area contributed by atoms with Crippen molar-refractivity contribution >= 4 is 17.8 Å². The number of carboxylic acid groups (broad SMARTS) is 1. The minimum atomic E-state index is -0.942. The number of nitrogens with two attached hydrogens (primary N) is 2. The van der Waals surface area contributed by atoms with E-state index in [0.717, 1.165) is 31.4 Å². The fourth-order valence-electron chi connectivity index (χ4n) is 5.23. The minimum Gasteiger partial charge on any atom is -0.491 e. The van der Waals surface area contributed by atoms with Crippen molar-refractivity contribution in [1.29, 1.82) is 0 Å². The smallest absolute Gasteiger partial charge is 0.304 e. The number of carbonyl (C=O) groups is 2. The van der Waals surface area contributed by atoms with Crippen LogP contribution in [0.25, 0.3) is 0 Å². The van der Waals surface area contributed by atoms with Crippen molar-refractivity contribution in [3.63, 3.8) is 0 Å². The summed E-state index contributed by atoms with van der Waals surface area (Å²) in [5, 5.41) is 9.25. The summed E-state index contributed by atoms with van der Waals surface area (Å²) in [5.41, 5.74) is 14.7. The number of carbonyl (C=O) groups excluding carboxylic acids is 1. The van der Waals surface area contributed by atoms with Crippen LogP contribution in [0, 0.1) is 11.8 Å². The zero-order valence-electron chi connectivity index (χ0n) is 20.4. The van der Waals surface area contributed by atoms with Crippen molar-refractivity contribution in [3.05, 3.63) is 65.2 Å². The molecule has 2 aromatic rings. The number of aryl methyl sites for hydroxylation is 1. The second kappa shape index (κ2) is 12.4. The van der Waals surface area contributed by atoms with Crippen molar-refractivity contribution in [3.8, 4) is 5.75 Å². The molecule has 194 valence electrons. The van der Waals surface area contributed by atoms with Gasteiger partial charge in [-0.2, -0.15) is 0 Å². The molecule has 1 amide bonds. The molecule has 1 fully saturated rings. The molecule has 36 heavy (non-hydrogen) atoms. The average Bonchev–Trinajstić information content (AvgIpc) is 3.37. The molecule has 1 unspecified atom stereocenters. The van der Waals surface area contributed by atoms with Gasteiger partial charge in [-0.15, -0.1) is 0 Å². The number of rotatable bonds is 11. The topological polar surface area (TPSA) is 163 Å². The van der Waals surface area contributed by atoms with Crippen LogP contribution < -0.4 is 16.2 Å². The first-order chi connectivity index (χ1) is 16.9. The Bertz CT molecular complexity index is 1070. The van der Waals surface area contributed by atoms with E-state index in [2.05, 4.69) is 29.3 Å². The Hall–Kier alpha value is -3.59. The van der Waals surface area contributed by atoms with E-state index >= 15 is 0 Å². The lowest BCUT2D eigenvalue weighted by Crippen LogP contribution is -2.38. The number of benzene rings is 2. The van der Waals surface area contributed by atoms with E-state index in [4.69, 9.17) is 16.2 Å². The van der Waals surface area contributed by atoms with Crippen LogP contribution in [0.1, 0.15) is 36.0 Å². The van der Waals surface area contributed by atoms with E-state index < -0.39 is 11.9 Å². The first-order valence-corrected chi connectivity index (χ1v) is 12.2. The van der Waals surface area contributed by atoms with Crippen molar-refractivity contribution in [2.75, 3.05) is 19.7 Å². The molecule has 1 saturated heterocycles. The third-order valence-corrected chi connectivity index (χ3v) is 6.93. The number of fused-ring (bicyclic) bond motifs is 1. The highest BCUT2D eigenvalue weighted by Crippen LogP contribution is 2.32. The number of aliphatic carboxylic acids is 1. The molecule has 9 nitrogen and oxygen atoms in total. The fourth-order valence-corrected chi connectivity index (χ4v) is 5.23. The molecule has 0 radical (unpaired) electrons. The maximum atomic E-state index is 13.0. The molecule has 1 heterocycles. The lowest BCUT2D eigenvalue weighted by Gasteiger charge is -2.25. The summed E-state index contributed by atoms with van der Waals surface area (Å²) in [7, 11) is 0. The number of guanidine groups is 1. The number of ether oxygens (including phenoxy) is 1. The van der Waals surface area contributed by atoms with Crippen LogP contribution in [0.4, 0.5) is 0 Å². The minimum absolute atomic E-state index is 0. The van der Waals surface area contributed by atoms with Crippen LogP contribution >= 0.6 is 0 Å². The second-order valence-corrected chi connectivity index (χ2v) is 9.59. The maximum Gasteiger partial charge on any atom is 0.304 e. The fraction of sp³-hybridized carbons (Fsp3) is 0.444. The second-order valence-electron chi connectivity index (χ2n) is 9.59. The Morgan fingerprint density at radius 3 is 2.58 bits per heavy atom. The molecule has 0 bridgehead atoms. The Balaban J connectivity index is 0.00000361. The summed E-state index contributed by atoms with van der Waals surface area (Å²) < 4.78 is 6.14. The first-order valence-electron chi connectivity index (χ1n) is 12.2. The largest absolute Gasteiger partial charge is 0.491 e. The van der Waals surface area contributed by atoms with Crippen LogP contribution in [0.5, 0.6) is 5.75 Å². The zero-order chi connectivity index (χ0) is 24.8. The summed E-state index contributed by atoms with van der Waals surface area (Å²) >= 11 is 0. The van der Waals surface area contributed by atoms with Gasteiger partial charge in [0, 0.05) is 13.1 Å². The summed E-state index contributed by atoms with van der Waals surface area (Å²) in [6.45, 7) is 1.55. The van der Waals surface area contributed by atoms with Gasteiger partial charge >= 0.3 is 5.97 Å². The number of likely N-dealkylation sites (tertiary alicyclic amines) is 1. The predicted octanol–water partition coefficient (Wildman–Crippen LogP) is 1.55. The third kappa shape index (κ3) is 6.97. The van der Waals surface area contributed by atoms with E-state index in [1.807, 2.05) is 29.2 Å². The Morgan fingerprint density at radius 2 is 1.86 bits per heavy atom. The average molecular weight is 497 g/mol. The molecule has 1 aliphatic heterocycles. The van der Waals surface area contributed by atoms with Gasteiger partial charge in [-0.1, -0.05) is 36.4 Å². The normalized spacial score (nSPS) is 20.5. The van der Waals surface area contributed by atoms with Gasteiger partial charge in [0.05, 0.1) is 18.4 Å². The maximum absolute atomic E-state index is 13.0. The summed E-state index contributed by atoms with van der Waals surface area (Å²) in [5.74, 6) is -0.246. The van der Waals surface area contributed by atoms with Crippen LogP contribution in [-0.2, 0) is 28.9 Å². The van der Waals surface area contributed by atoms with Gasteiger partial charge in [0.1, 0.15) is 12.4 Å². The quantitative estimate of drug-likeness (QED) is 0.316. The molecular weight excluding hydrogens is 460 g/mol. The molecule has 0 saturated carbocycles. The van der Waals surface area contributed by atoms with E-state index in [1.54, 1.807) is 0 Å². The van der Waals surface area contributed by atoms with Crippen molar-refractivity contribution in [1.82, 2.24) is 4.90 Å². The highest BCUT2D eigenvalue weighted by atomic mass is 16.5. The molecule has 3 atom stereocenters. The molecule has 4 rings (SSSR count). The molecule has 0 aromatic heterocycles. The molecule has 9 heteroatoms. The summed E-state index contributed by atoms with van der Waals surface area (Å²) in [6.07, 6.45) is 3.89. The lowest BCUT2D eigenvalue weighted by atomic mass is 10.0. The molecule has 7 N–H and O–H groups in total. The van der Waals surface area contributed by atoms with Gasteiger partial charge in [-0.05, 0) is 66.8 Å². The van der Waals surface area contributed by atoms with Gasteiger partial charge in [0.15, 0.2) is 5.96 Å². The summed E-state index contributed by atoms with van der Waals surface area (Å²) in [4.78, 5) is 30.2. The van der Waals surface area contributed by atoms with Crippen LogP contribution in [-0.4, -0.2) is 59.1 Å². The zero-order valence-corrected chi connectivity index (χ0v) is 20.4. The third-order valence-electron chi connectivity index (χ3n) is 6.93. The van der Waals surface area contributed by atoms with Gasteiger partial charge in [0.2, 0.25) is 5.91 Å². The number of aliphatic imine (C=N–C) groups is 1. The van der Waals surface area contributed by atoms with E-state index in [1.165, 1.54) is 16.7 Å². The number of amides is 1. The molecular formula is C27H36N4O5. The van der Waals surface area contributed by atoms with E-state index in [0.29, 0.717) is 32.0 Å². The molecule has 1 aliphatic carbocycles. The predicted molar refractivity (Wildman–Crippen MR) is 138 cm³/mol. The van der Waals surface area contributed by atoms with Crippen molar-refractivity contribution < 1.29 is 24.9 Å². The molecule has 2 aromatic carbocycles. The van der Waals surface area contributed by atoms with Crippen LogP contribution in [0.15, 0.2) is 53.5 Å². The van der Waals surface area contributed by atoms with E-state index in [-0.39, 0.29) is 29.8 Å². The SMILES string of the molecule is NC(N)=NCC1Cc2ccc(OC[C@@H]3C[C@@H](CC(=O)O)C(=O)N3CCCc3ccccc3)cc2C1.O. The standard InChI is InChI=1S/C27H34N4O4.H2O/c28-27(29)30-16-19-11-20-8-9-24(14-21(20)12-19)35-17-23-13-22(15-25(32)33)26(34)31(23)10-4-7-18-5-2-1-3-6-18;/h1-3,5-6,8-9,14,19,22-23H,4,7,10-13,15-17H2,(H,32,33)(H4,28,29,30);1H2/t19?,22-,23-;/m0./s1. The van der Waals surface area contributed by atoms with Crippen molar-refractivity contribution in [2.45, 2.75) is 44.6 Å². The van der Waals surface area contributed by atoms with Gasteiger partial charge in [-0.25, -0.2) is 0 Å². The molecule has 0 spiro atoms. The van der Waals surface area contributed by atoms with Gasteiger partial charge in [-0.3, -0.25) is 14.6 Å². The summed E-state index contributed by atoms with van der Waals surface area (Å²) in [6, 6.07) is 16.1. The Kier molecular flexibility index (Phi) is 9.30. The van der Waals surface area contributed by atoms with Gasteiger partial charge < -0.3 is 31.7 Å². The van der Waals surface area contributed by atoms with Crippen molar-refractivity contribution in [2.24, 2.45) is 28.3 Å². The van der Waals surface area contributed by atoms with Crippen LogP contribution in [0.3, 0.4) is 0 Å². The monoisotopic (exact) mass is 496 g/mol. The number of carboxylic acids is 1. The first kappa shape index (κ1) is 27.0. The molecule has 2 aliphatic rings. The Morgan fingerprint density at radius 1 is 1.11 bits per heavy atom. The number of nitrogens with zero attached hydrogens (tertiary/aromatic N) is 2. The Labute approximate surface area is 211 Å². The lowest BCUT2D eigenvalue weighted by molar-refractivity contribution is -0.142. The highest BCUT2D eigenvalue weighted by Gasteiger charge is 2.40. The van der Waals surface area contributed by atoms with Crippen LogP contribution in [0.2, 0.25) is 0 Å².